The quantitative estimate of drug-likeness (QED) is 0.666. The fourth-order valence-electron chi connectivity index (χ4n) is 3.90. The maximum Gasteiger partial charge on any atom is 0.275 e. The molecule has 192 valence electrons. The molecule has 4 heterocycles. The number of nitrogens with one attached hydrogen (secondary N) is 1. The van der Waals surface area contributed by atoms with E-state index in [9.17, 15) is 14.4 Å². The average molecular weight is 495 g/mol. The van der Waals surface area contributed by atoms with Gasteiger partial charge in [-0.05, 0) is 37.8 Å². The number of hydrogen-bond acceptors (Lipinski definition) is 7. The Morgan fingerprint density at radius 1 is 1.15 bits per heavy atom. The van der Waals surface area contributed by atoms with Crippen LogP contribution in [0.5, 0.6) is 0 Å². The van der Waals surface area contributed by atoms with Gasteiger partial charge in [0.15, 0.2) is 5.13 Å². The smallest absolute Gasteiger partial charge is 0.275 e. The lowest BCUT2D eigenvalue weighted by molar-refractivity contribution is -0.146. The lowest BCUT2D eigenvalue weighted by Gasteiger charge is -2.41. The molecule has 0 saturated carbocycles. The summed E-state index contributed by atoms with van der Waals surface area (Å²) in [7, 11) is 0. The third-order valence-electron chi connectivity index (χ3n) is 5.83. The maximum atomic E-state index is 12.8. The van der Waals surface area contributed by atoms with Gasteiger partial charge in [-0.3, -0.25) is 14.4 Å². The summed E-state index contributed by atoms with van der Waals surface area (Å²) < 4.78 is 0. The van der Waals surface area contributed by atoms with Crippen molar-refractivity contribution < 1.29 is 14.4 Å². The van der Waals surface area contributed by atoms with Gasteiger partial charge in [-0.2, -0.15) is 0 Å². The molecular weight excluding hydrogens is 452 g/mol. The Kier molecular flexibility index (Phi) is 11.2. The first-order chi connectivity index (χ1) is 16.2. The second kappa shape index (κ2) is 13.6. The highest BCUT2D eigenvalue weighted by Gasteiger charge is 2.46. The number of anilines is 1. The van der Waals surface area contributed by atoms with E-state index in [1.54, 1.807) is 5.38 Å². The molecule has 3 saturated heterocycles. The zero-order valence-electron chi connectivity index (χ0n) is 21.4. The predicted octanol–water partition coefficient (Wildman–Crippen LogP) is 2.65. The number of unbranched alkanes of at least 4 members (excludes halogenated alkanes) is 1. The SMILES string of the molecule is CC(C)C.CCCC.Nc1nc(C(=O)N2CC(=O)N3CC(=O)N(CC4CCNCC4)CC32)cs1. The van der Waals surface area contributed by atoms with Crippen LogP contribution in [0.25, 0.3) is 0 Å². The van der Waals surface area contributed by atoms with Crippen LogP contribution in [0.3, 0.4) is 0 Å². The Bertz CT molecular complexity index is 804. The number of nitrogens with zero attached hydrogens (tertiary/aromatic N) is 4. The van der Waals surface area contributed by atoms with Crippen LogP contribution in [-0.4, -0.2) is 82.8 Å². The van der Waals surface area contributed by atoms with Gasteiger partial charge in [-0.15, -0.1) is 11.3 Å². The molecule has 3 fully saturated rings. The Labute approximate surface area is 208 Å². The van der Waals surface area contributed by atoms with E-state index in [-0.39, 0.29) is 36.5 Å². The van der Waals surface area contributed by atoms with Gasteiger partial charge in [-0.1, -0.05) is 47.5 Å². The molecule has 10 heteroatoms. The summed E-state index contributed by atoms with van der Waals surface area (Å²) in [5.74, 6) is 0.753. The number of nitrogen functional groups attached to an aromatic ring is 1. The second-order valence-corrected chi connectivity index (χ2v) is 10.6. The first-order valence-corrected chi connectivity index (χ1v) is 13.4. The van der Waals surface area contributed by atoms with Gasteiger partial charge in [0.25, 0.3) is 5.91 Å². The summed E-state index contributed by atoms with van der Waals surface area (Å²) in [4.78, 5) is 46.4. The van der Waals surface area contributed by atoms with Crippen LogP contribution in [0.4, 0.5) is 5.13 Å². The number of fused-ring (bicyclic) bond motifs is 1. The van der Waals surface area contributed by atoms with Gasteiger partial charge in [0.2, 0.25) is 11.8 Å². The zero-order valence-corrected chi connectivity index (χ0v) is 22.2. The van der Waals surface area contributed by atoms with Crippen molar-refractivity contribution in [2.75, 3.05) is 45.0 Å². The van der Waals surface area contributed by atoms with Gasteiger partial charge < -0.3 is 25.8 Å². The molecule has 3 amide bonds. The molecule has 0 bridgehead atoms. The molecule has 0 spiro atoms. The topological polar surface area (TPSA) is 112 Å². The largest absolute Gasteiger partial charge is 0.375 e. The molecule has 0 radical (unpaired) electrons. The second-order valence-electron chi connectivity index (χ2n) is 9.73. The molecule has 1 unspecified atom stereocenters. The number of carbonyl (C=O) groups excluding carboxylic acids is 3. The van der Waals surface area contributed by atoms with Crippen LogP contribution in [0.15, 0.2) is 5.38 Å². The highest BCUT2D eigenvalue weighted by molar-refractivity contribution is 7.13. The number of nitrogens with two attached hydrogens (primary N) is 1. The van der Waals surface area contributed by atoms with Crippen molar-refractivity contribution in [1.82, 2.24) is 25.0 Å². The molecule has 3 N–H and O–H groups in total. The number of piperazine rings is 1. The lowest BCUT2D eigenvalue weighted by atomic mass is 9.97. The van der Waals surface area contributed by atoms with E-state index in [4.69, 9.17) is 5.73 Å². The van der Waals surface area contributed by atoms with Crippen LogP contribution >= 0.6 is 11.3 Å². The van der Waals surface area contributed by atoms with Gasteiger partial charge >= 0.3 is 0 Å². The predicted molar refractivity (Wildman–Crippen MR) is 136 cm³/mol. The van der Waals surface area contributed by atoms with Crippen molar-refractivity contribution in [1.29, 1.82) is 0 Å². The van der Waals surface area contributed by atoms with E-state index in [0.29, 0.717) is 24.1 Å². The third kappa shape index (κ3) is 7.94. The lowest BCUT2D eigenvalue weighted by Crippen LogP contribution is -2.59. The maximum absolute atomic E-state index is 12.8. The van der Waals surface area contributed by atoms with Gasteiger partial charge in [-0.25, -0.2) is 4.98 Å². The first kappa shape index (κ1) is 28.0. The summed E-state index contributed by atoms with van der Waals surface area (Å²) in [6.45, 7) is 13.9. The Morgan fingerprint density at radius 3 is 2.29 bits per heavy atom. The van der Waals surface area contributed by atoms with E-state index in [2.05, 4.69) is 44.9 Å². The van der Waals surface area contributed by atoms with Crippen LogP contribution in [-0.2, 0) is 9.59 Å². The van der Waals surface area contributed by atoms with E-state index in [0.717, 1.165) is 31.8 Å². The number of piperidine rings is 1. The van der Waals surface area contributed by atoms with Crippen molar-refractivity contribution in [2.45, 2.75) is 66.5 Å². The number of rotatable bonds is 4. The first-order valence-electron chi connectivity index (χ1n) is 12.5. The highest BCUT2D eigenvalue weighted by Crippen LogP contribution is 2.26. The summed E-state index contributed by atoms with van der Waals surface area (Å²) in [6, 6.07) is 0. The Balaban J connectivity index is 0.000000446. The average Bonchev–Trinajstić information content (AvgIpc) is 3.37. The summed E-state index contributed by atoms with van der Waals surface area (Å²) >= 11 is 1.20. The van der Waals surface area contributed by atoms with E-state index < -0.39 is 6.17 Å². The molecular formula is C24H42N6O3S. The molecule has 1 aromatic heterocycles. The van der Waals surface area contributed by atoms with Crippen LogP contribution in [0, 0.1) is 11.8 Å². The van der Waals surface area contributed by atoms with E-state index in [1.807, 2.05) is 4.90 Å². The molecule has 1 aromatic rings. The fourth-order valence-corrected chi connectivity index (χ4v) is 4.44. The van der Waals surface area contributed by atoms with Gasteiger partial charge in [0.05, 0.1) is 6.54 Å². The number of aromatic nitrogens is 1. The van der Waals surface area contributed by atoms with E-state index in [1.165, 1.54) is 34.0 Å². The standard InChI is InChI=1S/C16H22N6O3S.2C4H10/c17-16-19-11(9-26-16)15(25)22-8-14(24)21-7-13(23)20(6-12(21)22)5-10-1-3-18-4-2-10;1-4(2)3;1-3-4-2/h9-10,12,18H,1-8H2,(H2,17,19);4H,1-3H3;3-4H2,1-2H3. The number of hydrogen-bond donors (Lipinski definition) is 2. The molecule has 3 aliphatic rings. The normalized spacial score (nSPS) is 20.5. The highest BCUT2D eigenvalue weighted by atomic mass is 32.1. The van der Waals surface area contributed by atoms with Crippen molar-refractivity contribution in [3.8, 4) is 0 Å². The Morgan fingerprint density at radius 2 is 1.76 bits per heavy atom. The fraction of sp³-hybridized carbons (Fsp3) is 0.750. The molecule has 1 atom stereocenters. The minimum atomic E-state index is -0.419. The van der Waals surface area contributed by atoms with Crippen molar-refractivity contribution in [2.24, 2.45) is 11.8 Å². The minimum absolute atomic E-state index is 0.0185. The van der Waals surface area contributed by atoms with Crippen molar-refractivity contribution >= 4 is 34.2 Å². The summed E-state index contributed by atoms with van der Waals surface area (Å²) in [6.07, 6.45) is 4.30. The van der Waals surface area contributed by atoms with Crippen molar-refractivity contribution in [3.05, 3.63) is 11.1 Å². The molecule has 9 nitrogen and oxygen atoms in total. The van der Waals surface area contributed by atoms with Crippen LogP contribution in [0.1, 0.15) is 70.8 Å². The molecule has 0 aliphatic carbocycles. The minimum Gasteiger partial charge on any atom is -0.375 e. The van der Waals surface area contributed by atoms with Crippen LogP contribution in [0.2, 0.25) is 0 Å². The number of thiazole rings is 1. The summed E-state index contributed by atoms with van der Waals surface area (Å²) in [5, 5.41) is 5.25. The zero-order chi connectivity index (χ0) is 25.3. The van der Waals surface area contributed by atoms with Crippen molar-refractivity contribution in [3.63, 3.8) is 0 Å². The third-order valence-corrected chi connectivity index (χ3v) is 6.50. The monoisotopic (exact) mass is 494 g/mol. The van der Waals surface area contributed by atoms with Crippen LogP contribution < -0.4 is 11.1 Å². The Hall–Kier alpha value is -2.20. The van der Waals surface area contributed by atoms with E-state index >= 15 is 0 Å². The molecule has 0 aromatic carbocycles. The molecule has 4 rings (SSSR count). The summed E-state index contributed by atoms with van der Waals surface area (Å²) in [5.41, 5.74) is 5.87. The molecule has 3 aliphatic heterocycles. The number of carbonyl (C=O) groups is 3. The number of amides is 3. The van der Waals surface area contributed by atoms with Gasteiger partial charge in [0, 0.05) is 11.9 Å². The van der Waals surface area contributed by atoms with Gasteiger partial charge in [0.1, 0.15) is 24.9 Å². The molecule has 34 heavy (non-hydrogen) atoms.